The minimum atomic E-state index is -0.356. The van der Waals surface area contributed by atoms with Crippen LogP contribution in [0.15, 0.2) is 24.4 Å². The van der Waals surface area contributed by atoms with E-state index in [0.29, 0.717) is 6.61 Å². The second-order valence-corrected chi connectivity index (χ2v) is 4.18. The second-order valence-electron chi connectivity index (χ2n) is 4.18. The molecule has 19 heavy (non-hydrogen) atoms. The summed E-state index contributed by atoms with van der Waals surface area (Å²) in [6, 6.07) is 4.92. The fraction of sp³-hybridized carbons (Fsp3) is 0.357. The van der Waals surface area contributed by atoms with E-state index < -0.39 is 0 Å². The van der Waals surface area contributed by atoms with Gasteiger partial charge in [-0.25, -0.2) is 9.37 Å². The molecule has 0 bridgehead atoms. The Morgan fingerprint density at radius 1 is 1.42 bits per heavy atom. The molecule has 102 valence electrons. The van der Waals surface area contributed by atoms with Gasteiger partial charge in [-0.05, 0) is 32.2 Å². The summed E-state index contributed by atoms with van der Waals surface area (Å²) in [5.41, 5.74) is 1.58. The summed E-state index contributed by atoms with van der Waals surface area (Å²) in [5.74, 6) is 0.811. The van der Waals surface area contributed by atoms with Crippen LogP contribution in [-0.4, -0.2) is 30.2 Å². The van der Waals surface area contributed by atoms with Crippen molar-refractivity contribution in [1.29, 1.82) is 0 Å². The Kier molecular flexibility index (Phi) is 4.52. The molecule has 5 heteroatoms. The van der Waals surface area contributed by atoms with Gasteiger partial charge in [-0.3, -0.25) is 0 Å². The molecule has 1 heterocycles. The molecule has 1 aromatic heterocycles. The predicted octanol–water partition coefficient (Wildman–Crippen LogP) is 2.38. The van der Waals surface area contributed by atoms with Crippen LogP contribution < -0.4 is 10.1 Å². The van der Waals surface area contributed by atoms with Crippen LogP contribution in [0.5, 0.6) is 5.75 Å². The number of hydrogen-bond donors (Lipinski definition) is 2. The molecule has 0 atom stereocenters. The van der Waals surface area contributed by atoms with E-state index in [9.17, 15) is 4.39 Å². The molecule has 0 amide bonds. The van der Waals surface area contributed by atoms with Gasteiger partial charge in [0.1, 0.15) is 5.82 Å². The summed E-state index contributed by atoms with van der Waals surface area (Å²) >= 11 is 0. The number of halogens is 1. The Labute approximate surface area is 112 Å². The predicted molar refractivity (Wildman–Crippen MR) is 72.8 cm³/mol. The highest BCUT2D eigenvalue weighted by Crippen LogP contribution is 2.24. The van der Waals surface area contributed by atoms with Gasteiger partial charge in [0.05, 0.1) is 18.5 Å². The van der Waals surface area contributed by atoms with Gasteiger partial charge >= 0.3 is 0 Å². The van der Waals surface area contributed by atoms with E-state index >= 15 is 0 Å². The second kappa shape index (κ2) is 6.33. The number of nitrogens with zero attached hydrogens (tertiary/aromatic N) is 1. The van der Waals surface area contributed by atoms with Crippen molar-refractivity contribution in [3.8, 4) is 17.0 Å². The van der Waals surface area contributed by atoms with Crippen molar-refractivity contribution in [3.05, 3.63) is 36.0 Å². The van der Waals surface area contributed by atoms with E-state index in [-0.39, 0.29) is 11.6 Å². The largest absolute Gasteiger partial charge is 0.491 e. The summed E-state index contributed by atoms with van der Waals surface area (Å²) in [7, 11) is 1.89. The maximum absolute atomic E-state index is 13.8. The molecule has 2 rings (SSSR count). The van der Waals surface area contributed by atoms with Crippen molar-refractivity contribution < 1.29 is 9.13 Å². The van der Waals surface area contributed by atoms with Crippen molar-refractivity contribution in [3.63, 3.8) is 0 Å². The number of nitrogens with one attached hydrogen (secondary N) is 2. The number of rotatable bonds is 6. The Bertz CT molecular complexity index is 539. The third kappa shape index (κ3) is 3.32. The lowest BCUT2D eigenvalue weighted by Gasteiger charge is -2.05. The van der Waals surface area contributed by atoms with Gasteiger partial charge in [0.25, 0.3) is 0 Å². The average Bonchev–Trinajstić information content (AvgIpc) is 2.88. The molecule has 0 unspecified atom stereocenters. The van der Waals surface area contributed by atoms with E-state index in [4.69, 9.17) is 4.74 Å². The molecule has 0 aliphatic rings. The number of benzene rings is 1. The zero-order valence-corrected chi connectivity index (χ0v) is 11.2. The minimum Gasteiger partial charge on any atom is -0.491 e. The first kappa shape index (κ1) is 13.5. The molecule has 0 aliphatic carbocycles. The fourth-order valence-corrected chi connectivity index (χ4v) is 1.82. The summed E-state index contributed by atoms with van der Waals surface area (Å²) < 4.78 is 18.9. The van der Waals surface area contributed by atoms with E-state index in [1.807, 2.05) is 20.0 Å². The van der Waals surface area contributed by atoms with Crippen molar-refractivity contribution in [1.82, 2.24) is 15.3 Å². The molecular weight excluding hydrogens is 245 g/mol. The van der Waals surface area contributed by atoms with Crippen LogP contribution in [0.3, 0.4) is 0 Å². The number of imidazole rings is 1. The number of ether oxygens (including phenoxy) is 1. The van der Waals surface area contributed by atoms with Gasteiger partial charge in [0, 0.05) is 18.5 Å². The third-order valence-electron chi connectivity index (χ3n) is 2.78. The standard InChI is InChI=1S/C14H18FN3O/c1-3-19-13-5-4-10(8-11(13)15)12-9-17-14(18-12)6-7-16-2/h4-5,8-9,16H,3,6-7H2,1-2H3,(H,17,18). The van der Waals surface area contributed by atoms with Crippen LogP contribution in [0, 0.1) is 5.82 Å². The molecule has 0 fully saturated rings. The topological polar surface area (TPSA) is 49.9 Å². The van der Waals surface area contributed by atoms with Gasteiger partial charge in [-0.2, -0.15) is 0 Å². The van der Waals surface area contributed by atoms with E-state index in [1.54, 1.807) is 12.3 Å². The van der Waals surface area contributed by atoms with Crippen LogP contribution in [-0.2, 0) is 6.42 Å². The highest BCUT2D eigenvalue weighted by atomic mass is 19.1. The van der Waals surface area contributed by atoms with E-state index in [0.717, 1.165) is 30.0 Å². The zero-order valence-electron chi connectivity index (χ0n) is 11.2. The lowest BCUT2D eigenvalue weighted by atomic mass is 10.1. The number of likely N-dealkylation sites (N-methyl/N-ethyl adjacent to an activating group) is 1. The summed E-state index contributed by atoms with van der Waals surface area (Å²) in [5, 5.41) is 3.06. The summed E-state index contributed by atoms with van der Waals surface area (Å²) in [4.78, 5) is 7.45. The van der Waals surface area contributed by atoms with Crippen molar-refractivity contribution >= 4 is 0 Å². The Morgan fingerprint density at radius 3 is 2.95 bits per heavy atom. The summed E-state index contributed by atoms with van der Waals surface area (Å²) in [6.45, 7) is 3.13. The van der Waals surface area contributed by atoms with Crippen LogP contribution in [0.1, 0.15) is 12.7 Å². The molecule has 0 aliphatic heterocycles. The van der Waals surface area contributed by atoms with Crippen molar-refractivity contribution in [2.45, 2.75) is 13.3 Å². The Morgan fingerprint density at radius 2 is 2.26 bits per heavy atom. The molecule has 0 spiro atoms. The number of H-pyrrole nitrogens is 1. The summed E-state index contributed by atoms with van der Waals surface area (Å²) in [6.07, 6.45) is 2.54. The fourth-order valence-electron chi connectivity index (χ4n) is 1.82. The first-order chi connectivity index (χ1) is 9.24. The van der Waals surface area contributed by atoms with Gasteiger partial charge < -0.3 is 15.0 Å². The molecule has 2 aromatic rings. The highest BCUT2D eigenvalue weighted by Gasteiger charge is 2.08. The normalized spacial score (nSPS) is 10.7. The molecule has 0 radical (unpaired) electrons. The monoisotopic (exact) mass is 263 g/mol. The number of hydrogen-bond acceptors (Lipinski definition) is 3. The van der Waals surface area contributed by atoms with Crippen LogP contribution >= 0.6 is 0 Å². The van der Waals surface area contributed by atoms with Crippen LogP contribution in [0.4, 0.5) is 4.39 Å². The zero-order chi connectivity index (χ0) is 13.7. The number of aromatic amines is 1. The molecule has 4 nitrogen and oxygen atoms in total. The maximum atomic E-state index is 13.8. The average molecular weight is 263 g/mol. The first-order valence-corrected chi connectivity index (χ1v) is 6.35. The van der Waals surface area contributed by atoms with Crippen LogP contribution in [0.25, 0.3) is 11.3 Å². The van der Waals surface area contributed by atoms with E-state index in [2.05, 4.69) is 15.3 Å². The molecule has 0 saturated carbocycles. The van der Waals surface area contributed by atoms with Crippen molar-refractivity contribution in [2.24, 2.45) is 0 Å². The highest BCUT2D eigenvalue weighted by molar-refractivity contribution is 5.59. The number of aromatic nitrogens is 2. The van der Waals surface area contributed by atoms with Gasteiger partial charge in [-0.15, -0.1) is 0 Å². The molecular formula is C14H18FN3O. The van der Waals surface area contributed by atoms with Crippen molar-refractivity contribution in [2.75, 3.05) is 20.2 Å². The third-order valence-corrected chi connectivity index (χ3v) is 2.78. The molecule has 0 saturated heterocycles. The van der Waals surface area contributed by atoms with Gasteiger partial charge in [0.2, 0.25) is 0 Å². The SMILES string of the molecule is CCOc1ccc(-c2cnc(CCNC)[nH]2)cc1F. The molecule has 2 N–H and O–H groups in total. The maximum Gasteiger partial charge on any atom is 0.165 e. The minimum absolute atomic E-state index is 0.279. The lowest BCUT2D eigenvalue weighted by molar-refractivity contribution is 0.321. The Balaban J connectivity index is 2.17. The molecule has 1 aromatic carbocycles. The Hall–Kier alpha value is -1.88. The van der Waals surface area contributed by atoms with Crippen LogP contribution in [0.2, 0.25) is 0 Å². The quantitative estimate of drug-likeness (QED) is 0.841. The van der Waals surface area contributed by atoms with Gasteiger partial charge in [-0.1, -0.05) is 0 Å². The van der Waals surface area contributed by atoms with E-state index in [1.165, 1.54) is 6.07 Å². The van der Waals surface area contributed by atoms with Gasteiger partial charge in [0.15, 0.2) is 11.6 Å². The smallest absolute Gasteiger partial charge is 0.165 e. The lowest BCUT2D eigenvalue weighted by Crippen LogP contribution is -2.10. The first-order valence-electron chi connectivity index (χ1n) is 6.35.